The number of hydrogen-bond acceptors (Lipinski definition) is 0. The molecule has 0 aromatic rings. The van der Waals surface area contributed by atoms with E-state index in [1.54, 1.807) is 19.3 Å². The first-order chi connectivity index (χ1) is 4.88. The van der Waals surface area contributed by atoms with Gasteiger partial charge in [0.05, 0.1) is 0 Å². The third-order valence-corrected chi connectivity index (χ3v) is 3.69. The summed E-state index contributed by atoms with van der Waals surface area (Å²) < 4.78 is 0. The fourth-order valence-corrected chi connectivity index (χ4v) is 2.78. The second-order valence-electron chi connectivity index (χ2n) is 4.26. The molecular weight excluding hydrogens is 120 g/mol. The van der Waals surface area contributed by atoms with E-state index < -0.39 is 0 Å². The normalized spacial score (nSPS) is 41.7. The molecule has 2 atom stereocenters. The highest BCUT2D eigenvalue weighted by Gasteiger charge is 2.34. The fraction of sp³-hybridized carbons (Fsp3) is 1.00. The van der Waals surface area contributed by atoms with Crippen LogP contribution in [-0.4, -0.2) is 0 Å². The smallest absolute Gasteiger partial charge is 0.0360 e. The zero-order valence-corrected chi connectivity index (χ0v) is 6.97. The van der Waals surface area contributed by atoms with E-state index in [0.717, 1.165) is 17.8 Å². The molecule has 2 aliphatic rings. The van der Waals surface area contributed by atoms with Crippen LogP contribution < -0.4 is 0 Å². The zero-order valence-electron chi connectivity index (χ0n) is 6.97. The molecule has 58 valence electrons. The molecule has 0 bridgehead atoms. The Morgan fingerprint density at radius 1 is 0.900 bits per heavy atom. The van der Waals surface area contributed by atoms with Crippen molar-refractivity contribution in [2.75, 3.05) is 0 Å². The van der Waals surface area contributed by atoms with Gasteiger partial charge >= 0.3 is 0 Å². The molecular formula is C10H18. The summed E-state index contributed by atoms with van der Waals surface area (Å²) >= 11 is 0. The average molecular weight is 138 g/mol. The predicted octanol–water partition coefficient (Wildman–Crippen LogP) is 3.22. The van der Waals surface area contributed by atoms with Crippen LogP contribution in [0.1, 0.15) is 45.4 Å². The Morgan fingerprint density at radius 3 is 2.00 bits per heavy atom. The Balaban J connectivity index is 1.86. The molecule has 0 radical (unpaired) electrons. The van der Waals surface area contributed by atoms with Crippen molar-refractivity contribution in [1.29, 1.82) is 0 Å². The van der Waals surface area contributed by atoms with Gasteiger partial charge in [0, 0.05) is 0 Å². The second kappa shape index (κ2) is 2.56. The molecule has 0 aromatic heterocycles. The summed E-state index contributed by atoms with van der Waals surface area (Å²) in [5.74, 6) is 3.36. The van der Waals surface area contributed by atoms with E-state index in [9.17, 15) is 0 Å². The van der Waals surface area contributed by atoms with Crippen LogP contribution in [0.3, 0.4) is 0 Å². The van der Waals surface area contributed by atoms with Gasteiger partial charge in [-0.15, -0.1) is 0 Å². The van der Waals surface area contributed by atoms with Gasteiger partial charge < -0.3 is 0 Å². The Labute approximate surface area is 64.0 Å². The van der Waals surface area contributed by atoms with E-state index in [1.807, 2.05) is 0 Å². The van der Waals surface area contributed by atoms with Crippen LogP contribution >= 0.6 is 0 Å². The van der Waals surface area contributed by atoms with Gasteiger partial charge in [0.25, 0.3) is 0 Å². The first-order valence-electron chi connectivity index (χ1n) is 4.88. The number of rotatable bonds is 1. The lowest BCUT2D eigenvalue weighted by atomic mass is 9.67. The van der Waals surface area contributed by atoms with Crippen LogP contribution in [0, 0.1) is 17.8 Å². The summed E-state index contributed by atoms with van der Waals surface area (Å²) in [7, 11) is 0. The van der Waals surface area contributed by atoms with Crippen LogP contribution in [0.15, 0.2) is 0 Å². The van der Waals surface area contributed by atoms with E-state index in [0.29, 0.717) is 0 Å². The molecule has 0 spiro atoms. The minimum atomic E-state index is 1.07. The summed E-state index contributed by atoms with van der Waals surface area (Å²) in [6.45, 7) is 2.44. The van der Waals surface area contributed by atoms with Gasteiger partial charge in [-0.2, -0.15) is 0 Å². The molecule has 0 saturated heterocycles. The highest BCUT2D eigenvalue weighted by molar-refractivity contribution is 4.85. The summed E-state index contributed by atoms with van der Waals surface area (Å²) in [6, 6.07) is 0. The van der Waals surface area contributed by atoms with Gasteiger partial charge in [-0.25, -0.2) is 0 Å². The molecule has 0 aromatic carbocycles. The summed E-state index contributed by atoms with van der Waals surface area (Å²) in [4.78, 5) is 0. The maximum atomic E-state index is 2.44. The fourth-order valence-electron chi connectivity index (χ4n) is 2.78. The van der Waals surface area contributed by atoms with Gasteiger partial charge in [0.15, 0.2) is 0 Å². The molecule has 2 rings (SSSR count). The van der Waals surface area contributed by atoms with E-state index in [-0.39, 0.29) is 0 Å². The van der Waals surface area contributed by atoms with Gasteiger partial charge in [-0.3, -0.25) is 0 Å². The minimum Gasteiger partial charge on any atom is -0.0622 e. The van der Waals surface area contributed by atoms with Crippen LogP contribution in [0.4, 0.5) is 0 Å². The molecule has 0 N–H and O–H groups in total. The van der Waals surface area contributed by atoms with Gasteiger partial charge in [0.1, 0.15) is 0 Å². The molecule has 0 nitrogen and oxygen atoms in total. The molecule has 0 aliphatic heterocycles. The number of hydrogen-bond donors (Lipinski definition) is 0. The quantitative estimate of drug-likeness (QED) is 0.522. The van der Waals surface area contributed by atoms with E-state index in [2.05, 4.69) is 6.92 Å². The molecule has 10 heavy (non-hydrogen) atoms. The Bertz CT molecular complexity index is 111. The van der Waals surface area contributed by atoms with E-state index in [1.165, 1.54) is 19.3 Å². The molecule has 1 unspecified atom stereocenters. The lowest BCUT2D eigenvalue weighted by Gasteiger charge is -2.38. The van der Waals surface area contributed by atoms with Crippen molar-refractivity contribution in [2.45, 2.75) is 45.4 Å². The molecule has 2 aliphatic carbocycles. The monoisotopic (exact) mass is 138 g/mol. The molecule has 2 saturated carbocycles. The van der Waals surface area contributed by atoms with Crippen molar-refractivity contribution in [3.63, 3.8) is 0 Å². The van der Waals surface area contributed by atoms with Gasteiger partial charge in [0.2, 0.25) is 0 Å². The van der Waals surface area contributed by atoms with Crippen LogP contribution in [-0.2, 0) is 0 Å². The minimum absolute atomic E-state index is 1.07. The average Bonchev–Trinajstić information content (AvgIpc) is 2.37. The van der Waals surface area contributed by atoms with Crippen LogP contribution in [0.2, 0.25) is 0 Å². The predicted molar refractivity (Wildman–Crippen MR) is 43.8 cm³/mol. The maximum absolute atomic E-state index is 2.44. The van der Waals surface area contributed by atoms with Crippen molar-refractivity contribution in [1.82, 2.24) is 0 Å². The molecule has 0 amide bonds. The van der Waals surface area contributed by atoms with Gasteiger partial charge in [-0.1, -0.05) is 39.0 Å². The second-order valence-corrected chi connectivity index (χ2v) is 4.26. The van der Waals surface area contributed by atoms with E-state index >= 15 is 0 Å². The highest BCUT2D eigenvalue weighted by atomic mass is 14.4. The van der Waals surface area contributed by atoms with Crippen molar-refractivity contribution >= 4 is 0 Å². The highest BCUT2D eigenvalue weighted by Crippen LogP contribution is 2.45. The van der Waals surface area contributed by atoms with Crippen LogP contribution in [0.25, 0.3) is 0 Å². The lowest BCUT2D eigenvalue weighted by molar-refractivity contribution is 0.122. The lowest BCUT2D eigenvalue weighted by Crippen LogP contribution is -2.28. The van der Waals surface area contributed by atoms with Crippen molar-refractivity contribution in [2.24, 2.45) is 17.8 Å². The van der Waals surface area contributed by atoms with Gasteiger partial charge in [-0.05, 0) is 24.2 Å². The molecule has 2 fully saturated rings. The Morgan fingerprint density at radius 2 is 1.60 bits per heavy atom. The first-order valence-corrected chi connectivity index (χ1v) is 4.88. The largest absolute Gasteiger partial charge is 0.0622 e. The van der Waals surface area contributed by atoms with Crippen molar-refractivity contribution < 1.29 is 0 Å². The molecule has 0 heteroatoms. The Kier molecular flexibility index (Phi) is 1.71. The third-order valence-electron chi connectivity index (χ3n) is 3.69. The van der Waals surface area contributed by atoms with Crippen LogP contribution in [0.5, 0.6) is 0 Å². The summed E-state index contributed by atoms with van der Waals surface area (Å²) in [6.07, 6.45) is 9.21. The summed E-state index contributed by atoms with van der Waals surface area (Å²) in [5.41, 5.74) is 0. The summed E-state index contributed by atoms with van der Waals surface area (Å²) in [5, 5.41) is 0. The van der Waals surface area contributed by atoms with Crippen molar-refractivity contribution in [3.8, 4) is 0 Å². The first kappa shape index (κ1) is 6.69. The Hall–Kier alpha value is 0. The zero-order chi connectivity index (χ0) is 6.97. The SMILES string of the molecule is CC1CC[C@@H]1C1CCCC1. The maximum Gasteiger partial charge on any atom is -0.0360 e. The van der Waals surface area contributed by atoms with Crippen molar-refractivity contribution in [3.05, 3.63) is 0 Å². The topological polar surface area (TPSA) is 0 Å². The third kappa shape index (κ3) is 0.980. The standard InChI is InChI=1S/C10H18/c1-8-6-7-10(8)9-4-2-3-5-9/h8-10H,2-7H2,1H3/t8?,10-/m0/s1. The molecule has 0 heterocycles. The van der Waals surface area contributed by atoms with E-state index in [4.69, 9.17) is 0 Å².